The van der Waals surface area contributed by atoms with Crippen LogP contribution in [0.5, 0.6) is 0 Å². The monoisotopic (exact) mass is 242 g/mol. The molecular formula is C11H18N2O2S. The van der Waals surface area contributed by atoms with Gasteiger partial charge in [0.05, 0.1) is 17.1 Å². The lowest BCUT2D eigenvalue weighted by Gasteiger charge is -2.13. The third-order valence-electron chi connectivity index (χ3n) is 2.47. The third-order valence-corrected chi connectivity index (χ3v) is 3.57. The second kappa shape index (κ2) is 4.74. The largest absolute Gasteiger partial charge is 0.397 e. The van der Waals surface area contributed by atoms with Gasteiger partial charge < -0.3 is 11.1 Å². The molecule has 0 aromatic heterocycles. The van der Waals surface area contributed by atoms with Crippen LogP contribution in [0.1, 0.15) is 18.4 Å². The summed E-state index contributed by atoms with van der Waals surface area (Å²) >= 11 is 0. The van der Waals surface area contributed by atoms with Crippen molar-refractivity contribution in [2.45, 2.75) is 12.8 Å². The molecule has 0 aliphatic carbocycles. The fourth-order valence-corrected chi connectivity index (χ4v) is 2.77. The van der Waals surface area contributed by atoms with Crippen LogP contribution >= 0.6 is 0 Å². The van der Waals surface area contributed by atoms with E-state index < -0.39 is 9.84 Å². The first kappa shape index (κ1) is 12.8. The maximum absolute atomic E-state index is 11.2. The molecule has 1 atom stereocenters. The lowest BCUT2D eigenvalue weighted by Crippen LogP contribution is -2.11. The second-order valence-electron chi connectivity index (χ2n) is 4.09. The van der Waals surface area contributed by atoms with Crippen molar-refractivity contribution in [3.8, 4) is 0 Å². The minimum Gasteiger partial charge on any atom is -0.397 e. The van der Waals surface area contributed by atoms with Gasteiger partial charge in [-0.15, -0.1) is 0 Å². The Kier molecular flexibility index (Phi) is 3.80. The molecular weight excluding hydrogens is 224 g/mol. The van der Waals surface area contributed by atoms with Crippen molar-refractivity contribution in [3.05, 3.63) is 23.8 Å². The molecule has 1 aromatic carbocycles. The maximum Gasteiger partial charge on any atom is 0.148 e. The van der Waals surface area contributed by atoms with Gasteiger partial charge in [0.1, 0.15) is 9.84 Å². The highest BCUT2D eigenvalue weighted by Gasteiger charge is 2.13. The zero-order valence-electron chi connectivity index (χ0n) is 9.82. The number of nitrogens with two attached hydrogens (primary N) is 1. The van der Waals surface area contributed by atoms with Crippen molar-refractivity contribution in [1.82, 2.24) is 0 Å². The van der Waals surface area contributed by atoms with E-state index in [4.69, 9.17) is 5.73 Å². The van der Waals surface area contributed by atoms with Gasteiger partial charge in [0.15, 0.2) is 0 Å². The molecule has 16 heavy (non-hydrogen) atoms. The average molecular weight is 242 g/mol. The predicted octanol–water partition coefficient (Wildman–Crippen LogP) is 1.46. The van der Waals surface area contributed by atoms with E-state index in [1.54, 1.807) is 7.05 Å². The van der Waals surface area contributed by atoms with Gasteiger partial charge in [0, 0.05) is 13.3 Å². The van der Waals surface area contributed by atoms with Crippen LogP contribution < -0.4 is 11.1 Å². The zero-order chi connectivity index (χ0) is 12.3. The SMILES string of the molecule is CNc1ccc(C(C)CS(C)(=O)=O)cc1N. The Hall–Kier alpha value is -1.23. The summed E-state index contributed by atoms with van der Waals surface area (Å²) in [6, 6.07) is 5.59. The van der Waals surface area contributed by atoms with Crippen LogP contribution in [0.2, 0.25) is 0 Å². The van der Waals surface area contributed by atoms with Gasteiger partial charge in [-0.1, -0.05) is 13.0 Å². The first-order valence-corrected chi connectivity index (χ1v) is 7.14. The van der Waals surface area contributed by atoms with Crippen LogP contribution in [0.4, 0.5) is 11.4 Å². The van der Waals surface area contributed by atoms with E-state index in [1.165, 1.54) is 6.26 Å². The van der Waals surface area contributed by atoms with Gasteiger partial charge >= 0.3 is 0 Å². The summed E-state index contributed by atoms with van der Waals surface area (Å²) < 4.78 is 22.4. The molecule has 1 aromatic rings. The summed E-state index contributed by atoms with van der Waals surface area (Å²) in [5.74, 6) is 0.105. The highest BCUT2D eigenvalue weighted by Crippen LogP contribution is 2.24. The molecule has 3 N–H and O–H groups in total. The molecule has 0 saturated carbocycles. The molecule has 0 saturated heterocycles. The molecule has 90 valence electrons. The van der Waals surface area contributed by atoms with E-state index >= 15 is 0 Å². The topological polar surface area (TPSA) is 72.2 Å². The highest BCUT2D eigenvalue weighted by atomic mass is 32.2. The van der Waals surface area contributed by atoms with Crippen molar-refractivity contribution in [3.63, 3.8) is 0 Å². The summed E-state index contributed by atoms with van der Waals surface area (Å²) in [7, 11) is -1.16. The Morgan fingerprint density at radius 2 is 2.06 bits per heavy atom. The minimum absolute atomic E-state index is 0.0387. The molecule has 0 spiro atoms. The first-order chi connectivity index (χ1) is 7.33. The number of hydrogen-bond donors (Lipinski definition) is 2. The fraction of sp³-hybridized carbons (Fsp3) is 0.455. The van der Waals surface area contributed by atoms with Crippen molar-refractivity contribution < 1.29 is 8.42 Å². The molecule has 0 radical (unpaired) electrons. The van der Waals surface area contributed by atoms with Gasteiger partial charge in [-0.05, 0) is 23.6 Å². The zero-order valence-corrected chi connectivity index (χ0v) is 10.6. The van der Waals surface area contributed by atoms with Gasteiger partial charge in [0.25, 0.3) is 0 Å². The number of benzene rings is 1. The molecule has 0 bridgehead atoms. The second-order valence-corrected chi connectivity index (χ2v) is 6.27. The first-order valence-electron chi connectivity index (χ1n) is 5.08. The van der Waals surface area contributed by atoms with Crippen LogP contribution in [-0.4, -0.2) is 27.5 Å². The lowest BCUT2D eigenvalue weighted by atomic mass is 10.0. The molecule has 0 aliphatic heterocycles. The van der Waals surface area contributed by atoms with Crippen LogP contribution in [-0.2, 0) is 9.84 Å². The van der Waals surface area contributed by atoms with Gasteiger partial charge in [-0.25, -0.2) is 8.42 Å². The van der Waals surface area contributed by atoms with Crippen molar-refractivity contribution in [2.75, 3.05) is 30.1 Å². The molecule has 0 heterocycles. The summed E-state index contributed by atoms with van der Waals surface area (Å²) in [6.07, 6.45) is 1.24. The average Bonchev–Trinajstić information content (AvgIpc) is 2.15. The molecule has 0 aliphatic rings. The van der Waals surface area contributed by atoms with Crippen molar-refractivity contribution in [1.29, 1.82) is 0 Å². The summed E-state index contributed by atoms with van der Waals surface area (Å²) in [5.41, 5.74) is 8.26. The third kappa shape index (κ3) is 3.41. The van der Waals surface area contributed by atoms with E-state index in [9.17, 15) is 8.42 Å². The molecule has 1 rings (SSSR count). The van der Waals surface area contributed by atoms with Crippen LogP contribution in [0, 0.1) is 0 Å². The fourth-order valence-electron chi connectivity index (χ4n) is 1.67. The molecule has 1 unspecified atom stereocenters. The maximum atomic E-state index is 11.2. The highest BCUT2D eigenvalue weighted by molar-refractivity contribution is 7.90. The van der Waals surface area contributed by atoms with Gasteiger partial charge in [0.2, 0.25) is 0 Å². The van der Waals surface area contributed by atoms with Gasteiger partial charge in [-0.3, -0.25) is 0 Å². The van der Waals surface area contributed by atoms with Crippen LogP contribution in [0.3, 0.4) is 0 Å². The Balaban J connectivity index is 2.93. The van der Waals surface area contributed by atoms with Crippen molar-refractivity contribution in [2.24, 2.45) is 0 Å². The number of sulfone groups is 1. The molecule has 0 amide bonds. The smallest absolute Gasteiger partial charge is 0.148 e. The van der Waals surface area contributed by atoms with E-state index in [0.717, 1.165) is 11.3 Å². The molecule has 4 nitrogen and oxygen atoms in total. The number of hydrogen-bond acceptors (Lipinski definition) is 4. The summed E-state index contributed by atoms with van der Waals surface area (Å²) in [4.78, 5) is 0. The Labute approximate surface area is 96.8 Å². The number of nitrogens with one attached hydrogen (secondary N) is 1. The minimum atomic E-state index is -2.96. The molecule has 5 heteroatoms. The van der Waals surface area contributed by atoms with E-state index in [1.807, 2.05) is 25.1 Å². The Morgan fingerprint density at radius 1 is 1.44 bits per heavy atom. The number of rotatable bonds is 4. The summed E-state index contributed by atoms with van der Waals surface area (Å²) in [5, 5.41) is 2.97. The standard InChI is InChI=1S/C11H18N2O2S/c1-8(7-16(3,14)15)9-4-5-11(13-2)10(12)6-9/h4-6,8,13H,7,12H2,1-3H3. The van der Waals surface area contributed by atoms with Gasteiger partial charge in [-0.2, -0.15) is 0 Å². The van der Waals surface area contributed by atoms with E-state index in [-0.39, 0.29) is 11.7 Å². The lowest BCUT2D eigenvalue weighted by molar-refractivity contribution is 0.596. The number of nitrogen functional groups attached to an aromatic ring is 1. The predicted molar refractivity (Wildman–Crippen MR) is 68.5 cm³/mol. The van der Waals surface area contributed by atoms with E-state index in [2.05, 4.69) is 5.32 Å². The molecule has 0 fully saturated rings. The normalized spacial score (nSPS) is 13.4. The summed E-state index contributed by atoms with van der Waals surface area (Å²) in [6.45, 7) is 1.88. The quantitative estimate of drug-likeness (QED) is 0.784. The number of anilines is 2. The Bertz CT molecular complexity index is 469. The van der Waals surface area contributed by atoms with Crippen molar-refractivity contribution >= 4 is 21.2 Å². The van der Waals surface area contributed by atoms with Crippen LogP contribution in [0.15, 0.2) is 18.2 Å². The van der Waals surface area contributed by atoms with E-state index in [0.29, 0.717) is 5.69 Å². The van der Waals surface area contributed by atoms with Crippen LogP contribution in [0.25, 0.3) is 0 Å². The Morgan fingerprint density at radius 3 is 2.50 bits per heavy atom.